The highest BCUT2D eigenvalue weighted by atomic mass is 15.1. The van der Waals surface area contributed by atoms with Gasteiger partial charge in [-0.3, -0.25) is 4.98 Å². The summed E-state index contributed by atoms with van der Waals surface area (Å²) in [5.74, 6) is 0. The second kappa shape index (κ2) is 9.27. The molecule has 2 fully saturated rings. The highest BCUT2D eigenvalue weighted by Crippen LogP contribution is 2.20. The molecule has 3 aliphatic rings. The van der Waals surface area contributed by atoms with Crippen molar-refractivity contribution >= 4 is 0 Å². The van der Waals surface area contributed by atoms with Gasteiger partial charge in [0, 0.05) is 50.3 Å². The molecule has 4 atom stereocenters. The number of fused-ring (bicyclic) bond motifs is 4. The van der Waals surface area contributed by atoms with Crippen LogP contribution in [0, 0.1) is 0 Å². The Morgan fingerprint density at radius 1 is 0.615 bits per heavy atom. The molecule has 0 amide bonds. The number of aromatic nitrogens is 1. The van der Waals surface area contributed by atoms with Crippen LogP contribution >= 0.6 is 0 Å². The van der Waals surface area contributed by atoms with Crippen molar-refractivity contribution in [1.82, 2.24) is 26.3 Å². The molecule has 5 nitrogen and oxygen atoms in total. The van der Waals surface area contributed by atoms with Gasteiger partial charge in [-0.25, -0.2) is 0 Å². The molecular formula is C21H35N5. The van der Waals surface area contributed by atoms with Crippen molar-refractivity contribution in [3.8, 4) is 0 Å². The van der Waals surface area contributed by atoms with E-state index in [9.17, 15) is 0 Å². The summed E-state index contributed by atoms with van der Waals surface area (Å²) in [4.78, 5) is 4.89. The summed E-state index contributed by atoms with van der Waals surface area (Å²) in [6.07, 6.45) is 10.5. The zero-order valence-corrected chi connectivity index (χ0v) is 16.0. The SMILES string of the molecule is c1cc2nc(c1)CN[C@@H]1CCCCC1NCCN[C@@H]1CCCCC1NC2. The Morgan fingerprint density at radius 3 is 1.50 bits per heavy atom. The number of rotatable bonds is 0. The molecule has 4 rings (SSSR count). The van der Waals surface area contributed by atoms with Crippen LogP contribution in [0.25, 0.3) is 0 Å². The quantitative estimate of drug-likeness (QED) is 0.573. The minimum absolute atomic E-state index is 0.569. The number of hydrogen-bond donors (Lipinski definition) is 4. The summed E-state index contributed by atoms with van der Waals surface area (Å²) < 4.78 is 0. The highest BCUT2D eigenvalue weighted by molar-refractivity contribution is 5.12. The Morgan fingerprint density at radius 2 is 1.04 bits per heavy atom. The molecular weight excluding hydrogens is 322 g/mol. The Labute approximate surface area is 158 Å². The normalized spacial score (nSPS) is 34.0. The topological polar surface area (TPSA) is 61.0 Å². The lowest BCUT2D eigenvalue weighted by molar-refractivity contribution is 0.266. The van der Waals surface area contributed by atoms with E-state index in [0.717, 1.165) is 26.2 Å². The first-order chi connectivity index (χ1) is 12.9. The van der Waals surface area contributed by atoms with Gasteiger partial charge in [0.2, 0.25) is 0 Å². The molecule has 4 N–H and O–H groups in total. The lowest BCUT2D eigenvalue weighted by atomic mass is 9.89. The van der Waals surface area contributed by atoms with E-state index in [2.05, 4.69) is 39.5 Å². The first-order valence-corrected chi connectivity index (χ1v) is 10.8. The van der Waals surface area contributed by atoms with Crippen molar-refractivity contribution in [2.24, 2.45) is 0 Å². The van der Waals surface area contributed by atoms with Gasteiger partial charge in [0.15, 0.2) is 0 Å². The van der Waals surface area contributed by atoms with E-state index < -0.39 is 0 Å². The van der Waals surface area contributed by atoms with E-state index in [4.69, 9.17) is 4.98 Å². The van der Waals surface area contributed by atoms with Gasteiger partial charge >= 0.3 is 0 Å². The molecule has 5 heteroatoms. The van der Waals surface area contributed by atoms with Gasteiger partial charge in [0.25, 0.3) is 0 Å². The Balaban J connectivity index is 1.47. The smallest absolute Gasteiger partial charge is 0.0545 e. The number of hydrogen-bond acceptors (Lipinski definition) is 5. The second-order valence-electron chi connectivity index (χ2n) is 8.29. The van der Waals surface area contributed by atoms with E-state index in [1.807, 2.05) is 0 Å². The van der Waals surface area contributed by atoms with Crippen LogP contribution in [0.1, 0.15) is 62.8 Å². The van der Waals surface area contributed by atoms with Crippen LogP contribution in [0.2, 0.25) is 0 Å². The van der Waals surface area contributed by atoms with Crippen molar-refractivity contribution in [1.29, 1.82) is 0 Å². The molecule has 0 aromatic carbocycles. The maximum atomic E-state index is 4.89. The Bertz CT molecular complexity index is 518. The molecule has 2 heterocycles. The first-order valence-electron chi connectivity index (χ1n) is 10.8. The maximum Gasteiger partial charge on any atom is 0.0545 e. The lowest BCUT2D eigenvalue weighted by Crippen LogP contribution is -2.53. The lowest BCUT2D eigenvalue weighted by Gasteiger charge is -2.34. The molecule has 1 aromatic heterocycles. The van der Waals surface area contributed by atoms with Crippen LogP contribution in [0.15, 0.2) is 18.2 Å². The fraction of sp³-hybridized carbons (Fsp3) is 0.762. The number of pyridine rings is 1. The van der Waals surface area contributed by atoms with E-state index >= 15 is 0 Å². The summed E-state index contributed by atoms with van der Waals surface area (Å²) in [5, 5.41) is 15.2. The molecule has 0 radical (unpaired) electrons. The van der Waals surface area contributed by atoms with Crippen molar-refractivity contribution in [2.45, 2.75) is 88.6 Å². The molecule has 2 aliphatic carbocycles. The molecule has 2 bridgehead atoms. The van der Waals surface area contributed by atoms with E-state index in [1.165, 1.54) is 62.8 Å². The zero-order chi connectivity index (χ0) is 17.6. The summed E-state index contributed by atoms with van der Waals surface area (Å²) in [6, 6.07) is 8.81. The third-order valence-corrected chi connectivity index (χ3v) is 6.43. The van der Waals surface area contributed by atoms with Gasteiger partial charge in [-0.05, 0) is 37.8 Å². The Hall–Kier alpha value is -1.01. The molecule has 144 valence electrons. The van der Waals surface area contributed by atoms with Gasteiger partial charge in [-0.2, -0.15) is 0 Å². The molecule has 2 unspecified atom stereocenters. The third kappa shape index (κ3) is 4.83. The minimum Gasteiger partial charge on any atom is -0.311 e. The second-order valence-corrected chi connectivity index (χ2v) is 8.29. The molecule has 0 spiro atoms. The summed E-state index contributed by atoms with van der Waals surface area (Å²) in [5.41, 5.74) is 2.34. The molecule has 1 aromatic rings. The Kier molecular flexibility index (Phi) is 6.54. The predicted molar refractivity (Wildman–Crippen MR) is 106 cm³/mol. The van der Waals surface area contributed by atoms with Crippen LogP contribution in [0.3, 0.4) is 0 Å². The van der Waals surface area contributed by atoms with Crippen molar-refractivity contribution in [3.05, 3.63) is 29.6 Å². The molecule has 2 saturated carbocycles. The van der Waals surface area contributed by atoms with Crippen molar-refractivity contribution in [3.63, 3.8) is 0 Å². The van der Waals surface area contributed by atoms with E-state index in [1.54, 1.807) is 0 Å². The fourth-order valence-corrected chi connectivity index (χ4v) is 4.95. The fourth-order valence-electron chi connectivity index (χ4n) is 4.95. The van der Waals surface area contributed by atoms with Crippen molar-refractivity contribution < 1.29 is 0 Å². The van der Waals surface area contributed by atoms with E-state index in [0.29, 0.717) is 24.2 Å². The van der Waals surface area contributed by atoms with Gasteiger partial charge in [-0.1, -0.05) is 31.7 Å². The summed E-state index contributed by atoms with van der Waals surface area (Å²) >= 11 is 0. The van der Waals surface area contributed by atoms with Gasteiger partial charge < -0.3 is 21.3 Å². The molecule has 1 aliphatic heterocycles. The number of nitrogens with one attached hydrogen (secondary N) is 4. The van der Waals surface area contributed by atoms with Crippen molar-refractivity contribution in [2.75, 3.05) is 13.1 Å². The maximum absolute atomic E-state index is 4.89. The van der Waals surface area contributed by atoms with Gasteiger partial charge in [0.1, 0.15) is 0 Å². The minimum atomic E-state index is 0.569. The summed E-state index contributed by atoms with van der Waals surface area (Å²) in [7, 11) is 0. The standard InChI is InChI=1S/C21H35N5/c1-3-10-20-18(8-1)22-12-13-23-19-9-2-4-11-21(19)25-15-17-7-5-6-16(26-17)14-24-20/h5-7,18-25H,1-4,8-15H2/t18-,19?,20?,21-/m1/s1. The van der Waals surface area contributed by atoms with Crippen LogP contribution < -0.4 is 21.3 Å². The number of nitrogens with zero attached hydrogens (tertiary/aromatic N) is 1. The predicted octanol–water partition coefficient (Wildman–Crippen LogP) is 2.08. The first kappa shape index (κ1) is 18.4. The largest absolute Gasteiger partial charge is 0.311 e. The molecule has 26 heavy (non-hydrogen) atoms. The molecule has 0 saturated heterocycles. The summed E-state index contributed by atoms with van der Waals surface area (Å²) in [6.45, 7) is 3.89. The van der Waals surface area contributed by atoms with E-state index in [-0.39, 0.29) is 0 Å². The van der Waals surface area contributed by atoms with Crippen LogP contribution in [0.4, 0.5) is 0 Å². The third-order valence-electron chi connectivity index (χ3n) is 6.43. The average molecular weight is 358 g/mol. The average Bonchev–Trinajstić information content (AvgIpc) is 2.69. The zero-order valence-electron chi connectivity index (χ0n) is 16.0. The monoisotopic (exact) mass is 357 g/mol. The van der Waals surface area contributed by atoms with Crippen LogP contribution in [0.5, 0.6) is 0 Å². The van der Waals surface area contributed by atoms with Crippen LogP contribution in [-0.2, 0) is 13.1 Å². The van der Waals surface area contributed by atoms with Gasteiger partial charge in [-0.15, -0.1) is 0 Å². The van der Waals surface area contributed by atoms with Crippen LogP contribution in [-0.4, -0.2) is 42.2 Å². The van der Waals surface area contributed by atoms with Gasteiger partial charge in [0.05, 0.1) is 11.4 Å². The highest BCUT2D eigenvalue weighted by Gasteiger charge is 2.26.